The van der Waals surface area contributed by atoms with Gasteiger partial charge in [0.15, 0.2) is 5.69 Å². The van der Waals surface area contributed by atoms with Crippen LogP contribution in [0.3, 0.4) is 0 Å². The highest BCUT2D eigenvalue weighted by Crippen LogP contribution is 2.20. The molecule has 0 bridgehead atoms. The van der Waals surface area contributed by atoms with Crippen molar-refractivity contribution in [1.82, 2.24) is 5.32 Å². The summed E-state index contributed by atoms with van der Waals surface area (Å²) in [6.45, 7) is 9.33. The second kappa shape index (κ2) is 5.67. The van der Waals surface area contributed by atoms with Gasteiger partial charge >= 0.3 is 0 Å². The van der Waals surface area contributed by atoms with Gasteiger partial charge in [-0.25, -0.2) is 4.85 Å². The van der Waals surface area contributed by atoms with Crippen LogP contribution in [0.2, 0.25) is 0 Å². The maximum atomic E-state index is 6.99. The molecule has 2 nitrogen and oxygen atoms in total. The highest BCUT2D eigenvalue weighted by Gasteiger charge is 2.12. The van der Waals surface area contributed by atoms with Crippen molar-refractivity contribution >= 4 is 5.69 Å². The van der Waals surface area contributed by atoms with Gasteiger partial charge in [0.1, 0.15) is 0 Å². The SMILES string of the molecule is [C-]#[N+]c1cccc(CCC2CCNCC2)c1. The van der Waals surface area contributed by atoms with E-state index in [1.165, 1.54) is 37.9 Å². The Kier molecular flexibility index (Phi) is 3.96. The summed E-state index contributed by atoms with van der Waals surface area (Å²) in [5.74, 6) is 0.873. The van der Waals surface area contributed by atoms with Gasteiger partial charge in [-0.1, -0.05) is 29.8 Å². The highest BCUT2D eigenvalue weighted by molar-refractivity contribution is 5.46. The predicted octanol–water partition coefficient (Wildman–Crippen LogP) is 3.17. The highest BCUT2D eigenvalue weighted by atomic mass is 14.9. The zero-order valence-electron chi connectivity index (χ0n) is 9.58. The number of benzene rings is 1. The number of piperidine rings is 1. The third-order valence-electron chi connectivity index (χ3n) is 3.34. The van der Waals surface area contributed by atoms with E-state index in [4.69, 9.17) is 6.57 Å². The van der Waals surface area contributed by atoms with Crippen molar-refractivity contribution in [2.24, 2.45) is 5.92 Å². The van der Waals surface area contributed by atoms with Crippen LogP contribution in [0.1, 0.15) is 24.8 Å². The fourth-order valence-corrected chi connectivity index (χ4v) is 2.32. The summed E-state index contributed by atoms with van der Waals surface area (Å²) in [7, 11) is 0. The summed E-state index contributed by atoms with van der Waals surface area (Å²) in [5, 5.41) is 3.39. The van der Waals surface area contributed by atoms with Gasteiger partial charge in [0.2, 0.25) is 0 Å². The van der Waals surface area contributed by atoms with Gasteiger partial charge in [0, 0.05) is 0 Å². The van der Waals surface area contributed by atoms with E-state index < -0.39 is 0 Å². The lowest BCUT2D eigenvalue weighted by Gasteiger charge is -2.22. The first-order valence-electron chi connectivity index (χ1n) is 6.05. The zero-order chi connectivity index (χ0) is 11.2. The van der Waals surface area contributed by atoms with Crippen LogP contribution < -0.4 is 5.32 Å². The minimum absolute atomic E-state index is 0.766. The summed E-state index contributed by atoms with van der Waals surface area (Å²) in [4.78, 5) is 3.47. The first-order valence-corrected chi connectivity index (χ1v) is 6.05. The molecule has 1 aliphatic heterocycles. The fraction of sp³-hybridized carbons (Fsp3) is 0.500. The van der Waals surface area contributed by atoms with Crippen LogP contribution in [0.15, 0.2) is 24.3 Å². The lowest BCUT2D eigenvalue weighted by Crippen LogP contribution is -2.27. The monoisotopic (exact) mass is 214 g/mol. The van der Waals surface area contributed by atoms with Crippen LogP contribution in [0.25, 0.3) is 4.85 Å². The van der Waals surface area contributed by atoms with Crippen LogP contribution in [-0.2, 0) is 6.42 Å². The van der Waals surface area contributed by atoms with Crippen molar-refractivity contribution in [3.05, 3.63) is 41.2 Å². The molecule has 2 rings (SSSR count). The number of rotatable bonds is 3. The molecule has 1 aliphatic rings. The molecule has 0 unspecified atom stereocenters. The van der Waals surface area contributed by atoms with E-state index in [9.17, 15) is 0 Å². The molecule has 1 aromatic rings. The molecule has 1 fully saturated rings. The number of hydrogen-bond donors (Lipinski definition) is 1. The predicted molar refractivity (Wildman–Crippen MR) is 66.6 cm³/mol. The van der Waals surface area contributed by atoms with Gasteiger partial charge in [0.05, 0.1) is 6.57 Å². The molecule has 0 radical (unpaired) electrons. The number of nitrogens with zero attached hydrogens (tertiary/aromatic N) is 1. The minimum atomic E-state index is 0.766. The standard InChI is InChI=1S/C14H18N2/c1-15-14-4-2-3-13(11-14)6-5-12-7-9-16-10-8-12/h2-4,11-12,16H,5-10H2. The lowest BCUT2D eigenvalue weighted by atomic mass is 9.91. The maximum Gasteiger partial charge on any atom is 0.187 e. The average molecular weight is 214 g/mol. The van der Waals surface area contributed by atoms with Gasteiger partial charge in [-0.15, -0.1) is 0 Å². The van der Waals surface area contributed by atoms with Crippen LogP contribution in [-0.4, -0.2) is 13.1 Å². The quantitative estimate of drug-likeness (QED) is 0.764. The van der Waals surface area contributed by atoms with Crippen molar-refractivity contribution in [3.8, 4) is 0 Å². The Hall–Kier alpha value is -1.33. The third kappa shape index (κ3) is 3.08. The first-order chi connectivity index (χ1) is 7.88. The second-order valence-corrected chi connectivity index (χ2v) is 4.51. The minimum Gasteiger partial charge on any atom is -0.317 e. The van der Waals surface area contributed by atoms with Crippen molar-refractivity contribution in [1.29, 1.82) is 0 Å². The Morgan fingerprint density at radius 1 is 1.31 bits per heavy atom. The van der Waals surface area contributed by atoms with Crippen LogP contribution in [0.5, 0.6) is 0 Å². The molecule has 0 aromatic heterocycles. The molecule has 16 heavy (non-hydrogen) atoms. The third-order valence-corrected chi connectivity index (χ3v) is 3.34. The van der Waals surface area contributed by atoms with Crippen LogP contribution >= 0.6 is 0 Å². The molecule has 0 aliphatic carbocycles. The van der Waals surface area contributed by atoms with E-state index in [1.54, 1.807) is 0 Å². The van der Waals surface area contributed by atoms with E-state index in [0.29, 0.717) is 0 Å². The molecular weight excluding hydrogens is 196 g/mol. The number of aryl methyl sites for hydroxylation is 1. The lowest BCUT2D eigenvalue weighted by molar-refractivity contribution is 0.354. The fourth-order valence-electron chi connectivity index (χ4n) is 2.32. The summed E-state index contributed by atoms with van der Waals surface area (Å²) < 4.78 is 0. The van der Waals surface area contributed by atoms with E-state index in [1.807, 2.05) is 18.2 Å². The summed E-state index contributed by atoms with van der Waals surface area (Å²) in [6, 6.07) is 8.02. The van der Waals surface area contributed by atoms with Crippen molar-refractivity contribution < 1.29 is 0 Å². The summed E-state index contributed by atoms with van der Waals surface area (Å²) in [6.07, 6.45) is 5.00. The molecule has 2 heteroatoms. The Morgan fingerprint density at radius 2 is 2.12 bits per heavy atom. The van der Waals surface area contributed by atoms with Crippen LogP contribution in [0, 0.1) is 12.5 Å². The molecule has 1 heterocycles. The molecule has 1 saturated heterocycles. The Morgan fingerprint density at radius 3 is 2.88 bits per heavy atom. The smallest absolute Gasteiger partial charge is 0.187 e. The number of hydrogen-bond acceptors (Lipinski definition) is 1. The van der Waals surface area contributed by atoms with Gasteiger partial charge < -0.3 is 5.32 Å². The Balaban J connectivity index is 1.86. The Labute approximate surface area is 97.5 Å². The average Bonchev–Trinajstić information content (AvgIpc) is 2.38. The van der Waals surface area contributed by atoms with E-state index in [0.717, 1.165) is 18.0 Å². The zero-order valence-corrected chi connectivity index (χ0v) is 9.58. The molecule has 0 amide bonds. The second-order valence-electron chi connectivity index (χ2n) is 4.51. The normalized spacial score (nSPS) is 16.9. The molecule has 1 N–H and O–H groups in total. The molecule has 1 aromatic carbocycles. The summed E-state index contributed by atoms with van der Waals surface area (Å²) >= 11 is 0. The van der Waals surface area contributed by atoms with Crippen molar-refractivity contribution in [2.75, 3.05) is 13.1 Å². The summed E-state index contributed by atoms with van der Waals surface area (Å²) in [5.41, 5.74) is 2.08. The first kappa shape index (κ1) is 11.2. The number of nitrogens with one attached hydrogen (secondary N) is 1. The van der Waals surface area contributed by atoms with E-state index in [2.05, 4.69) is 16.2 Å². The maximum absolute atomic E-state index is 6.99. The molecule has 84 valence electrons. The Bertz CT molecular complexity index is 373. The van der Waals surface area contributed by atoms with Gasteiger partial charge in [-0.05, 0) is 44.7 Å². The topological polar surface area (TPSA) is 16.4 Å². The molecule has 0 spiro atoms. The molecule has 0 saturated carbocycles. The van der Waals surface area contributed by atoms with Crippen molar-refractivity contribution in [3.63, 3.8) is 0 Å². The van der Waals surface area contributed by atoms with Gasteiger partial charge in [0.25, 0.3) is 0 Å². The largest absolute Gasteiger partial charge is 0.317 e. The van der Waals surface area contributed by atoms with Gasteiger partial charge in [-0.3, -0.25) is 0 Å². The molecule has 0 atom stereocenters. The van der Waals surface area contributed by atoms with E-state index in [-0.39, 0.29) is 0 Å². The van der Waals surface area contributed by atoms with Crippen LogP contribution in [0.4, 0.5) is 5.69 Å². The van der Waals surface area contributed by atoms with Crippen molar-refractivity contribution in [2.45, 2.75) is 25.7 Å². The molecular formula is C14H18N2. The van der Waals surface area contributed by atoms with E-state index >= 15 is 0 Å². The van der Waals surface area contributed by atoms with Gasteiger partial charge in [-0.2, -0.15) is 0 Å².